The van der Waals surface area contributed by atoms with Crippen molar-refractivity contribution in [2.45, 2.75) is 66.5 Å². The van der Waals surface area contributed by atoms with E-state index in [4.69, 9.17) is 9.97 Å². The van der Waals surface area contributed by atoms with Crippen molar-refractivity contribution in [1.82, 2.24) is 14.9 Å². The summed E-state index contributed by atoms with van der Waals surface area (Å²) >= 11 is 0. The summed E-state index contributed by atoms with van der Waals surface area (Å²) in [4.78, 5) is 17.7. The van der Waals surface area contributed by atoms with E-state index >= 15 is 0 Å². The summed E-state index contributed by atoms with van der Waals surface area (Å²) in [7, 11) is 0. The highest BCUT2D eigenvalue weighted by Gasteiger charge is 2.32. The second-order valence-electron chi connectivity index (χ2n) is 10.3. The summed E-state index contributed by atoms with van der Waals surface area (Å²) in [5.74, 6) is 2.02. The molecule has 0 saturated carbocycles. The van der Waals surface area contributed by atoms with Crippen LogP contribution >= 0.6 is 0 Å². The Hall–Kier alpha value is -2.92. The summed E-state index contributed by atoms with van der Waals surface area (Å²) in [5, 5.41) is 0. The van der Waals surface area contributed by atoms with Gasteiger partial charge in [0.1, 0.15) is 5.82 Å². The van der Waals surface area contributed by atoms with Crippen LogP contribution in [0.25, 0.3) is 0 Å². The molecule has 0 spiro atoms. The van der Waals surface area contributed by atoms with Gasteiger partial charge < -0.3 is 9.80 Å². The first-order valence-electron chi connectivity index (χ1n) is 13.2. The lowest BCUT2D eigenvalue weighted by atomic mass is 10.0. The third-order valence-electron chi connectivity index (χ3n) is 7.76. The number of anilines is 3. The third-order valence-corrected chi connectivity index (χ3v) is 7.76. The van der Waals surface area contributed by atoms with Gasteiger partial charge in [0.15, 0.2) is 0 Å². The van der Waals surface area contributed by atoms with Crippen molar-refractivity contribution in [3.05, 3.63) is 76.0 Å². The summed E-state index contributed by atoms with van der Waals surface area (Å²) < 4.78 is 0. The van der Waals surface area contributed by atoms with Crippen molar-refractivity contribution in [2.75, 3.05) is 36.0 Å². The molecule has 0 N–H and O–H groups in total. The topological polar surface area (TPSA) is 35.5 Å². The number of aromatic nitrogens is 2. The molecule has 1 fully saturated rings. The minimum absolute atomic E-state index is 0.559. The molecule has 2 aromatic carbocycles. The third kappa shape index (κ3) is 4.79. The van der Waals surface area contributed by atoms with Crippen molar-refractivity contribution in [1.29, 1.82) is 0 Å². The van der Waals surface area contributed by atoms with Gasteiger partial charge in [0.2, 0.25) is 5.95 Å². The first-order chi connectivity index (χ1) is 16.9. The molecule has 2 aliphatic heterocycles. The second-order valence-corrected chi connectivity index (χ2v) is 10.3. The molecule has 3 heterocycles. The summed E-state index contributed by atoms with van der Waals surface area (Å²) in [6, 6.07) is 15.9. The van der Waals surface area contributed by atoms with E-state index in [-0.39, 0.29) is 0 Å². The molecule has 0 aliphatic carbocycles. The predicted octanol–water partition coefficient (Wildman–Crippen LogP) is 5.90. The predicted molar refractivity (Wildman–Crippen MR) is 146 cm³/mol. The SMILES string of the molecule is CCN(c1nc(C)c2c(n1)N(C1CCN(Cc3ccccc3)CC1)CC2)c1c(C)cc(C)cc1C. The normalized spacial score (nSPS) is 16.5. The van der Waals surface area contributed by atoms with E-state index in [2.05, 4.69) is 91.8 Å². The maximum absolute atomic E-state index is 5.24. The van der Waals surface area contributed by atoms with Crippen molar-refractivity contribution < 1.29 is 0 Å². The maximum atomic E-state index is 5.24. The Kier molecular flexibility index (Phi) is 6.79. The molecule has 3 aromatic rings. The number of likely N-dealkylation sites (tertiary alicyclic amines) is 1. The highest BCUT2D eigenvalue weighted by molar-refractivity contribution is 5.68. The van der Waals surface area contributed by atoms with Crippen LogP contribution in [0.5, 0.6) is 0 Å². The van der Waals surface area contributed by atoms with Crippen molar-refractivity contribution in [3.63, 3.8) is 0 Å². The first kappa shape index (κ1) is 23.8. The van der Waals surface area contributed by atoms with E-state index in [0.29, 0.717) is 6.04 Å². The lowest BCUT2D eigenvalue weighted by Gasteiger charge is -2.38. The minimum atomic E-state index is 0.559. The lowest BCUT2D eigenvalue weighted by Crippen LogP contribution is -2.44. The standard InChI is InChI=1S/C30H39N5/c1-6-34(28-22(3)18-21(2)19-23(28)4)30-31-24(5)27-14-17-35(29(27)32-30)26-12-15-33(16-13-26)20-25-10-8-7-9-11-25/h7-11,18-19,26H,6,12-17,20H2,1-5H3. The van der Waals surface area contributed by atoms with Crippen molar-refractivity contribution in [2.24, 2.45) is 0 Å². The number of aryl methyl sites for hydroxylation is 4. The van der Waals surface area contributed by atoms with Gasteiger partial charge in [-0.3, -0.25) is 4.90 Å². The largest absolute Gasteiger partial charge is 0.353 e. The molecule has 5 rings (SSSR count). The Morgan fingerprint density at radius 3 is 2.26 bits per heavy atom. The molecule has 0 unspecified atom stereocenters. The fraction of sp³-hybridized carbons (Fsp3) is 0.467. The van der Waals surface area contributed by atoms with Crippen LogP contribution < -0.4 is 9.80 Å². The highest BCUT2D eigenvalue weighted by Crippen LogP contribution is 2.37. The van der Waals surface area contributed by atoms with Gasteiger partial charge in [-0.2, -0.15) is 4.98 Å². The summed E-state index contributed by atoms with van der Waals surface area (Å²) in [6.07, 6.45) is 3.44. The Bertz CT molecular complexity index is 1160. The average molecular weight is 470 g/mol. The fourth-order valence-corrected chi connectivity index (χ4v) is 6.14. The number of hydrogen-bond donors (Lipinski definition) is 0. The Morgan fingerprint density at radius 2 is 1.60 bits per heavy atom. The van der Waals surface area contributed by atoms with Crippen molar-refractivity contribution in [3.8, 4) is 0 Å². The maximum Gasteiger partial charge on any atom is 0.232 e. The molecule has 35 heavy (non-hydrogen) atoms. The number of fused-ring (bicyclic) bond motifs is 1. The molecule has 1 aromatic heterocycles. The zero-order valence-electron chi connectivity index (χ0n) is 22.0. The lowest BCUT2D eigenvalue weighted by molar-refractivity contribution is 0.202. The minimum Gasteiger partial charge on any atom is -0.353 e. The molecule has 184 valence electrons. The molecule has 0 bridgehead atoms. The van der Waals surface area contributed by atoms with E-state index in [1.54, 1.807) is 0 Å². The van der Waals surface area contributed by atoms with Crippen LogP contribution in [0, 0.1) is 27.7 Å². The summed E-state index contributed by atoms with van der Waals surface area (Å²) in [6.45, 7) is 16.2. The quantitative estimate of drug-likeness (QED) is 0.449. The van der Waals surface area contributed by atoms with E-state index < -0.39 is 0 Å². The van der Waals surface area contributed by atoms with Gasteiger partial charge in [0, 0.05) is 55.7 Å². The van der Waals surface area contributed by atoms with Gasteiger partial charge in [0.25, 0.3) is 0 Å². The van der Waals surface area contributed by atoms with Gasteiger partial charge >= 0.3 is 0 Å². The second kappa shape index (κ2) is 9.98. The molecule has 0 atom stereocenters. The zero-order chi connectivity index (χ0) is 24.5. The van der Waals surface area contributed by atoms with Crippen LogP contribution in [0.15, 0.2) is 42.5 Å². The van der Waals surface area contributed by atoms with Gasteiger partial charge in [-0.25, -0.2) is 4.98 Å². The van der Waals surface area contributed by atoms with Crippen LogP contribution in [0.4, 0.5) is 17.5 Å². The van der Waals surface area contributed by atoms with Crippen LogP contribution in [0.2, 0.25) is 0 Å². The molecule has 2 aliphatic rings. The number of benzene rings is 2. The van der Waals surface area contributed by atoms with Crippen molar-refractivity contribution >= 4 is 17.5 Å². The highest BCUT2D eigenvalue weighted by atomic mass is 15.3. The van der Waals surface area contributed by atoms with E-state index in [9.17, 15) is 0 Å². The van der Waals surface area contributed by atoms with Crippen LogP contribution in [-0.4, -0.2) is 47.1 Å². The monoisotopic (exact) mass is 469 g/mol. The van der Waals surface area contributed by atoms with E-state index in [0.717, 1.165) is 50.8 Å². The van der Waals surface area contributed by atoms with Crippen LogP contribution in [0.3, 0.4) is 0 Å². The molecular formula is C30H39N5. The molecule has 0 amide bonds. The number of rotatable bonds is 6. The summed E-state index contributed by atoms with van der Waals surface area (Å²) in [5.41, 5.74) is 9.00. The van der Waals surface area contributed by atoms with Gasteiger partial charge in [-0.05, 0) is 70.6 Å². The van der Waals surface area contributed by atoms with Crippen LogP contribution in [0.1, 0.15) is 53.3 Å². The number of nitrogens with zero attached hydrogens (tertiary/aromatic N) is 5. The average Bonchev–Trinajstić information content (AvgIpc) is 3.27. The van der Waals surface area contributed by atoms with Gasteiger partial charge in [-0.1, -0.05) is 48.0 Å². The Labute approximate surface area is 210 Å². The van der Waals surface area contributed by atoms with Crippen LogP contribution in [-0.2, 0) is 13.0 Å². The number of piperidine rings is 1. The first-order valence-corrected chi connectivity index (χ1v) is 13.2. The van der Waals surface area contributed by atoms with Gasteiger partial charge in [0.05, 0.1) is 0 Å². The Morgan fingerprint density at radius 1 is 0.914 bits per heavy atom. The molecule has 5 heteroatoms. The molecular weight excluding hydrogens is 430 g/mol. The zero-order valence-corrected chi connectivity index (χ0v) is 22.0. The number of hydrogen-bond acceptors (Lipinski definition) is 5. The molecule has 0 radical (unpaired) electrons. The van der Waals surface area contributed by atoms with E-state index in [1.165, 1.54) is 52.2 Å². The van der Waals surface area contributed by atoms with E-state index in [1.807, 2.05) is 0 Å². The fourth-order valence-electron chi connectivity index (χ4n) is 6.14. The van der Waals surface area contributed by atoms with Gasteiger partial charge in [-0.15, -0.1) is 0 Å². The smallest absolute Gasteiger partial charge is 0.232 e. The molecule has 1 saturated heterocycles. The molecule has 5 nitrogen and oxygen atoms in total. The Balaban J connectivity index is 1.37.